The van der Waals surface area contributed by atoms with Crippen LogP contribution in [0.15, 0.2) is 66.7 Å². The van der Waals surface area contributed by atoms with Gasteiger partial charge in [-0.25, -0.2) is 0 Å². The number of carbonyl (C=O) groups is 1. The van der Waals surface area contributed by atoms with Gasteiger partial charge in [0.15, 0.2) is 11.5 Å². The van der Waals surface area contributed by atoms with Crippen LogP contribution < -0.4 is 20.1 Å². The molecule has 0 saturated heterocycles. The van der Waals surface area contributed by atoms with E-state index in [1.807, 2.05) is 48.5 Å². The zero-order valence-electron chi connectivity index (χ0n) is 16.8. The smallest absolute Gasteiger partial charge is 0.293 e. The molecule has 0 aliphatic carbocycles. The molecule has 1 aliphatic heterocycles. The summed E-state index contributed by atoms with van der Waals surface area (Å²) in [6, 6.07) is 18.8. The minimum atomic E-state index is -0.715. The highest BCUT2D eigenvalue weighted by atomic mass is 16.7. The van der Waals surface area contributed by atoms with E-state index >= 15 is 0 Å². The number of carbonyl (C=O) groups excluding carboxylic acids is 1. The van der Waals surface area contributed by atoms with Gasteiger partial charge in [-0.3, -0.25) is 20.2 Å². The molecule has 31 heavy (non-hydrogen) atoms. The van der Waals surface area contributed by atoms with Crippen LogP contribution in [0.3, 0.4) is 0 Å². The molecule has 0 bridgehead atoms. The molecule has 0 aromatic heterocycles. The number of benzene rings is 3. The second-order valence-electron chi connectivity index (χ2n) is 7.18. The highest BCUT2D eigenvalue weighted by Crippen LogP contribution is 2.33. The topological polar surface area (TPSA) is 103 Å². The van der Waals surface area contributed by atoms with Gasteiger partial charge in [0.05, 0.1) is 4.92 Å². The molecule has 8 nitrogen and oxygen atoms in total. The molecule has 0 saturated carbocycles. The van der Waals surface area contributed by atoms with Gasteiger partial charge >= 0.3 is 0 Å². The number of nitrogens with zero attached hydrogens (tertiary/aromatic N) is 1. The quantitative estimate of drug-likeness (QED) is 0.441. The van der Waals surface area contributed by atoms with E-state index in [1.54, 1.807) is 19.1 Å². The van der Waals surface area contributed by atoms with E-state index in [9.17, 15) is 14.9 Å². The fraction of sp³-hybridized carbons (Fsp3) is 0.174. The Morgan fingerprint density at radius 2 is 1.84 bits per heavy atom. The van der Waals surface area contributed by atoms with Gasteiger partial charge < -0.3 is 14.8 Å². The maximum atomic E-state index is 13.1. The molecule has 4 rings (SSSR count). The molecular weight excluding hydrogens is 398 g/mol. The number of rotatable bonds is 7. The summed E-state index contributed by atoms with van der Waals surface area (Å²) in [6.45, 7) is 2.34. The van der Waals surface area contributed by atoms with Gasteiger partial charge in [0.1, 0.15) is 11.7 Å². The van der Waals surface area contributed by atoms with Crippen LogP contribution in [0.4, 0.5) is 11.4 Å². The first-order valence-electron chi connectivity index (χ1n) is 9.74. The maximum absolute atomic E-state index is 13.1. The predicted octanol–water partition coefficient (Wildman–Crippen LogP) is 4.10. The van der Waals surface area contributed by atoms with Gasteiger partial charge in [0.25, 0.3) is 5.69 Å². The van der Waals surface area contributed by atoms with Crippen molar-refractivity contribution >= 4 is 17.3 Å². The Kier molecular flexibility index (Phi) is 5.81. The van der Waals surface area contributed by atoms with Crippen LogP contribution in [0.5, 0.6) is 11.5 Å². The number of nitrogens with one attached hydrogen (secondary N) is 2. The van der Waals surface area contributed by atoms with Gasteiger partial charge in [-0.05, 0) is 41.8 Å². The minimum Gasteiger partial charge on any atom is -0.454 e. The lowest BCUT2D eigenvalue weighted by atomic mass is 10.0. The molecule has 1 aliphatic rings. The van der Waals surface area contributed by atoms with E-state index in [-0.39, 0.29) is 24.1 Å². The number of nitro benzene ring substituents is 1. The van der Waals surface area contributed by atoms with Crippen molar-refractivity contribution in [1.29, 1.82) is 0 Å². The molecule has 0 unspecified atom stereocenters. The summed E-state index contributed by atoms with van der Waals surface area (Å²) in [7, 11) is 0. The molecule has 0 fully saturated rings. The van der Waals surface area contributed by atoms with Gasteiger partial charge in [0, 0.05) is 12.6 Å². The molecule has 3 aromatic carbocycles. The van der Waals surface area contributed by atoms with Crippen LogP contribution in [0, 0.1) is 17.0 Å². The van der Waals surface area contributed by atoms with Crippen molar-refractivity contribution in [2.45, 2.75) is 19.5 Å². The first kappa shape index (κ1) is 20.4. The SMILES string of the molecule is Cc1ccc(NC(=O)[C@@H](NCc2ccc3c(c2)OCO3)c2ccccc2)c([N+](=O)[O-])c1. The van der Waals surface area contributed by atoms with Crippen molar-refractivity contribution in [3.8, 4) is 11.5 Å². The van der Waals surface area contributed by atoms with E-state index in [4.69, 9.17) is 9.47 Å². The van der Waals surface area contributed by atoms with Crippen LogP contribution in [0.1, 0.15) is 22.7 Å². The summed E-state index contributed by atoms with van der Waals surface area (Å²) in [6.07, 6.45) is 0. The number of hydrogen-bond acceptors (Lipinski definition) is 6. The number of anilines is 1. The van der Waals surface area contributed by atoms with Crippen LogP contribution in [0.25, 0.3) is 0 Å². The number of hydrogen-bond donors (Lipinski definition) is 2. The normalized spacial score (nSPS) is 12.9. The highest BCUT2D eigenvalue weighted by molar-refractivity contribution is 5.97. The highest BCUT2D eigenvalue weighted by Gasteiger charge is 2.24. The molecule has 158 valence electrons. The Balaban J connectivity index is 1.55. The standard InChI is InChI=1S/C23H21N3O5/c1-15-7-9-18(19(11-15)26(28)29)25-23(27)22(17-5-3-2-4-6-17)24-13-16-8-10-20-21(12-16)31-14-30-20/h2-12,22,24H,13-14H2,1H3,(H,25,27)/t22-/m0/s1. The Bertz CT molecular complexity index is 1120. The van der Waals surface area contributed by atoms with Gasteiger partial charge in [0.2, 0.25) is 12.7 Å². The summed E-state index contributed by atoms with van der Waals surface area (Å²) in [5.74, 6) is 0.960. The third kappa shape index (κ3) is 4.65. The Hall–Kier alpha value is -3.91. The zero-order valence-corrected chi connectivity index (χ0v) is 16.8. The van der Waals surface area contributed by atoms with Crippen molar-refractivity contribution in [1.82, 2.24) is 5.32 Å². The molecule has 0 spiro atoms. The third-order valence-corrected chi connectivity index (χ3v) is 4.95. The van der Waals surface area contributed by atoms with Gasteiger partial charge in [-0.2, -0.15) is 0 Å². The van der Waals surface area contributed by atoms with Crippen molar-refractivity contribution in [2.24, 2.45) is 0 Å². The van der Waals surface area contributed by atoms with E-state index < -0.39 is 11.0 Å². The van der Waals surface area contributed by atoms with E-state index in [1.165, 1.54) is 6.07 Å². The van der Waals surface area contributed by atoms with Crippen LogP contribution >= 0.6 is 0 Å². The van der Waals surface area contributed by atoms with Crippen molar-refractivity contribution in [3.05, 3.63) is 93.5 Å². The predicted molar refractivity (Wildman–Crippen MR) is 115 cm³/mol. The second-order valence-corrected chi connectivity index (χ2v) is 7.18. The average Bonchev–Trinajstić information content (AvgIpc) is 3.23. The van der Waals surface area contributed by atoms with Crippen molar-refractivity contribution in [3.63, 3.8) is 0 Å². The molecule has 8 heteroatoms. The molecule has 2 N–H and O–H groups in total. The summed E-state index contributed by atoms with van der Waals surface area (Å²) in [5, 5.41) is 17.4. The van der Waals surface area contributed by atoms with Gasteiger partial charge in [-0.15, -0.1) is 0 Å². The zero-order chi connectivity index (χ0) is 21.8. The average molecular weight is 419 g/mol. The molecule has 1 amide bonds. The van der Waals surface area contributed by atoms with E-state index in [0.29, 0.717) is 18.0 Å². The minimum absolute atomic E-state index is 0.143. The summed E-state index contributed by atoms with van der Waals surface area (Å²) < 4.78 is 10.7. The van der Waals surface area contributed by atoms with Crippen molar-refractivity contribution < 1.29 is 19.2 Å². The molecular formula is C23H21N3O5. The lowest BCUT2D eigenvalue weighted by molar-refractivity contribution is -0.384. The van der Waals surface area contributed by atoms with Crippen LogP contribution in [0.2, 0.25) is 0 Å². The first-order valence-corrected chi connectivity index (χ1v) is 9.74. The number of fused-ring (bicyclic) bond motifs is 1. The third-order valence-electron chi connectivity index (χ3n) is 4.95. The van der Waals surface area contributed by atoms with E-state index in [2.05, 4.69) is 10.6 Å². The summed E-state index contributed by atoms with van der Waals surface area (Å²) in [5.41, 5.74) is 2.42. The van der Waals surface area contributed by atoms with E-state index in [0.717, 1.165) is 16.7 Å². The molecule has 1 atom stereocenters. The Morgan fingerprint density at radius 1 is 1.06 bits per heavy atom. The van der Waals surface area contributed by atoms with Crippen LogP contribution in [-0.2, 0) is 11.3 Å². The largest absolute Gasteiger partial charge is 0.454 e. The summed E-state index contributed by atoms with van der Waals surface area (Å²) >= 11 is 0. The monoisotopic (exact) mass is 419 g/mol. The number of nitro groups is 1. The second kappa shape index (κ2) is 8.85. The molecule has 1 heterocycles. The van der Waals surface area contributed by atoms with Gasteiger partial charge in [-0.1, -0.05) is 42.5 Å². The Labute approximate surface area is 179 Å². The lowest BCUT2D eigenvalue weighted by Crippen LogP contribution is -2.33. The number of amides is 1. The molecule has 0 radical (unpaired) electrons. The number of ether oxygens (including phenoxy) is 2. The Morgan fingerprint density at radius 3 is 2.61 bits per heavy atom. The summed E-state index contributed by atoms with van der Waals surface area (Å²) in [4.78, 5) is 24.1. The van der Waals surface area contributed by atoms with Crippen LogP contribution in [-0.4, -0.2) is 17.6 Å². The molecule has 3 aromatic rings. The number of aryl methyl sites for hydroxylation is 1. The fourth-order valence-corrected chi connectivity index (χ4v) is 3.38. The fourth-order valence-electron chi connectivity index (χ4n) is 3.38. The first-order chi connectivity index (χ1) is 15.0. The van der Waals surface area contributed by atoms with Crippen molar-refractivity contribution in [2.75, 3.05) is 12.1 Å². The maximum Gasteiger partial charge on any atom is 0.293 e. The lowest BCUT2D eigenvalue weighted by Gasteiger charge is -2.19.